The van der Waals surface area contributed by atoms with Crippen molar-refractivity contribution in [3.63, 3.8) is 0 Å². The highest BCUT2D eigenvalue weighted by Gasteiger charge is 2.53. The average Bonchev–Trinajstić information content (AvgIpc) is 2.70. The second-order valence-corrected chi connectivity index (χ2v) is 5.21. The van der Waals surface area contributed by atoms with Crippen LogP contribution in [0.1, 0.15) is 27.2 Å². The number of hydrogen-bond acceptors (Lipinski definition) is 6. The van der Waals surface area contributed by atoms with Gasteiger partial charge in [0.2, 0.25) is 0 Å². The van der Waals surface area contributed by atoms with E-state index in [1.54, 1.807) is 0 Å². The summed E-state index contributed by atoms with van der Waals surface area (Å²) in [6.07, 6.45) is 0.360. The van der Waals surface area contributed by atoms with Crippen molar-refractivity contribution >= 4 is 5.97 Å². The molecule has 1 saturated heterocycles. The van der Waals surface area contributed by atoms with Crippen LogP contribution in [0.3, 0.4) is 0 Å². The zero-order valence-electron chi connectivity index (χ0n) is 11.0. The lowest BCUT2D eigenvalue weighted by Crippen LogP contribution is -2.35. The molecule has 0 aromatic carbocycles. The summed E-state index contributed by atoms with van der Waals surface area (Å²) in [6.45, 7) is 5.71. The van der Waals surface area contributed by atoms with Gasteiger partial charge in [0.25, 0.3) is 0 Å². The summed E-state index contributed by atoms with van der Waals surface area (Å²) in [6, 6.07) is -0.0736. The van der Waals surface area contributed by atoms with Gasteiger partial charge in [0, 0.05) is 13.0 Å². The van der Waals surface area contributed by atoms with Crippen LogP contribution >= 0.6 is 0 Å². The molecule has 1 saturated carbocycles. The van der Waals surface area contributed by atoms with Crippen molar-refractivity contribution in [1.29, 1.82) is 0 Å². The number of esters is 1. The molecular weight excluding hydrogens is 238 g/mol. The molecule has 0 aromatic rings. The second-order valence-electron chi connectivity index (χ2n) is 5.21. The van der Waals surface area contributed by atoms with Gasteiger partial charge >= 0.3 is 5.97 Å². The summed E-state index contributed by atoms with van der Waals surface area (Å²) >= 11 is 0. The van der Waals surface area contributed by atoms with Gasteiger partial charge in [-0.3, -0.25) is 4.79 Å². The summed E-state index contributed by atoms with van der Waals surface area (Å²) in [5, 5.41) is 0. The molecule has 0 radical (unpaired) electrons. The smallest absolute Gasteiger partial charge is 0.302 e. The third-order valence-corrected chi connectivity index (χ3v) is 3.18. The molecule has 0 amide bonds. The predicted molar refractivity (Wildman–Crippen MR) is 62.8 cm³/mol. The summed E-state index contributed by atoms with van der Waals surface area (Å²) in [5.74, 6) is -0.911. The highest BCUT2D eigenvalue weighted by molar-refractivity contribution is 5.65. The first-order valence-electron chi connectivity index (χ1n) is 6.25. The fraction of sp³-hybridized carbons (Fsp3) is 0.917. The summed E-state index contributed by atoms with van der Waals surface area (Å²) in [5.41, 5.74) is 6.01. The Balaban J connectivity index is 1.81. The van der Waals surface area contributed by atoms with E-state index in [-0.39, 0.29) is 36.9 Å². The van der Waals surface area contributed by atoms with Crippen LogP contribution in [0.15, 0.2) is 0 Å². The maximum absolute atomic E-state index is 10.6. The summed E-state index contributed by atoms with van der Waals surface area (Å²) < 4.78 is 22.0. The fourth-order valence-electron chi connectivity index (χ4n) is 2.52. The Labute approximate surface area is 107 Å². The molecule has 2 aliphatic rings. The number of carbonyl (C=O) groups excluding carboxylic acids is 1. The highest BCUT2D eigenvalue weighted by atomic mass is 16.8. The Morgan fingerprint density at radius 2 is 2.00 bits per heavy atom. The normalized spacial score (nSPS) is 37.6. The van der Waals surface area contributed by atoms with Crippen molar-refractivity contribution in [3.05, 3.63) is 0 Å². The first kappa shape index (κ1) is 13.7. The van der Waals surface area contributed by atoms with E-state index in [1.165, 1.54) is 6.92 Å². The van der Waals surface area contributed by atoms with Crippen LogP contribution in [0, 0.1) is 0 Å². The van der Waals surface area contributed by atoms with E-state index in [0.717, 1.165) is 0 Å². The maximum Gasteiger partial charge on any atom is 0.302 e. The SMILES string of the molecule is CC(=O)OCCO[C@H]1C[C@@H](N)[C@@H]2OC(C)(C)O[C@@H]21. The standard InChI is InChI=1S/C12H21NO5/c1-7(14)15-4-5-16-9-6-8(13)10-11(9)18-12(2,3)17-10/h8-11H,4-6,13H2,1-3H3/t8-,9+,10+,11-/m1/s1. The first-order valence-corrected chi connectivity index (χ1v) is 6.25. The number of carbonyl (C=O) groups is 1. The van der Waals surface area contributed by atoms with Gasteiger partial charge in [-0.25, -0.2) is 0 Å². The van der Waals surface area contributed by atoms with E-state index in [4.69, 9.17) is 24.7 Å². The van der Waals surface area contributed by atoms with Crippen LogP contribution in [0.4, 0.5) is 0 Å². The van der Waals surface area contributed by atoms with Crippen molar-refractivity contribution in [2.45, 2.75) is 57.3 Å². The Hall–Kier alpha value is -0.690. The number of rotatable bonds is 4. The molecule has 0 unspecified atom stereocenters. The molecule has 1 aliphatic carbocycles. The molecule has 18 heavy (non-hydrogen) atoms. The van der Waals surface area contributed by atoms with E-state index in [1.807, 2.05) is 13.8 Å². The Morgan fingerprint density at radius 1 is 1.33 bits per heavy atom. The molecule has 2 rings (SSSR count). The highest BCUT2D eigenvalue weighted by Crippen LogP contribution is 2.38. The van der Waals surface area contributed by atoms with Crippen LogP contribution in [0.2, 0.25) is 0 Å². The molecular formula is C12H21NO5. The summed E-state index contributed by atoms with van der Waals surface area (Å²) in [4.78, 5) is 10.6. The van der Waals surface area contributed by atoms with Crippen molar-refractivity contribution in [3.8, 4) is 0 Å². The molecule has 0 bridgehead atoms. The van der Waals surface area contributed by atoms with Gasteiger partial charge in [-0.05, 0) is 20.3 Å². The van der Waals surface area contributed by atoms with Gasteiger partial charge in [-0.2, -0.15) is 0 Å². The average molecular weight is 259 g/mol. The number of fused-ring (bicyclic) bond motifs is 1. The summed E-state index contributed by atoms with van der Waals surface area (Å²) in [7, 11) is 0. The fourth-order valence-corrected chi connectivity index (χ4v) is 2.52. The van der Waals surface area contributed by atoms with Crippen LogP contribution in [-0.4, -0.2) is 49.3 Å². The third kappa shape index (κ3) is 3.00. The van der Waals surface area contributed by atoms with Crippen LogP contribution in [-0.2, 0) is 23.7 Å². The van der Waals surface area contributed by atoms with E-state index in [2.05, 4.69) is 0 Å². The van der Waals surface area contributed by atoms with E-state index in [9.17, 15) is 4.79 Å². The maximum atomic E-state index is 10.6. The van der Waals surface area contributed by atoms with Crippen LogP contribution in [0.25, 0.3) is 0 Å². The Morgan fingerprint density at radius 3 is 2.67 bits per heavy atom. The van der Waals surface area contributed by atoms with Gasteiger partial charge in [0.05, 0.1) is 12.7 Å². The molecule has 2 fully saturated rings. The van der Waals surface area contributed by atoms with E-state index < -0.39 is 5.79 Å². The molecule has 2 N–H and O–H groups in total. The van der Waals surface area contributed by atoms with Crippen LogP contribution in [0.5, 0.6) is 0 Å². The molecule has 104 valence electrons. The second kappa shape index (κ2) is 5.13. The molecule has 1 aliphatic heterocycles. The third-order valence-electron chi connectivity index (χ3n) is 3.18. The first-order chi connectivity index (χ1) is 8.39. The van der Waals surface area contributed by atoms with Gasteiger partial charge in [-0.15, -0.1) is 0 Å². The molecule has 4 atom stereocenters. The lowest BCUT2D eigenvalue weighted by molar-refractivity contribution is -0.169. The van der Waals surface area contributed by atoms with Crippen molar-refractivity contribution < 1.29 is 23.7 Å². The minimum absolute atomic E-state index is 0.0736. The quantitative estimate of drug-likeness (QED) is 0.573. The monoisotopic (exact) mass is 259 g/mol. The number of nitrogens with two attached hydrogens (primary N) is 1. The minimum Gasteiger partial charge on any atom is -0.463 e. The molecule has 6 heteroatoms. The predicted octanol–water partition coefficient (Wildman–Crippen LogP) is 0.186. The Kier molecular flexibility index (Phi) is 3.91. The number of hydrogen-bond donors (Lipinski definition) is 1. The zero-order valence-corrected chi connectivity index (χ0v) is 11.0. The van der Waals surface area contributed by atoms with E-state index >= 15 is 0 Å². The van der Waals surface area contributed by atoms with Gasteiger partial charge < -0.3 is 24.7 Å². The largest absolute Gasteiger partial charge is 0.463 e. The zero-order chi connectivity index (χ0) is 13.3. The molecule has 0 aromatic heterocycles. The van der Waals surface area contributed by atoms with Crippen LogP contribution < -0.4 is 5.73 Å². The molecule has 0 spiro atoms. The lowest BCUT2D eigenvalue weighted by Gasteiger charge is -2.22. The van der Waals surface area contributed by atoms with Gasteiger partial charge in [0.15, 0.2) is 5.79 Å². The molecule has 1 heterocycles. The minimum atomic E-state index is -0.606. The van der Waals surface area contributed by atoms with Gasteiger partial charge in [-0.1, -0.05) is 0 Å². The lowest BCUT2D eigenvalue weighted by atomic mass is 10.2. The molecule has 6 nitrogen and oxygen atoms in total. The van der Waals surface area contributed by atoms with E-state index in [0.29, 0.717) is 13.0 Å². The van der Waals surface area contributed by atoms with Gasteiger partial charge in [0.1, 0.15) is 18.8 Å². The number of ether oxygens (including phenoxy) is 4. The Bertz CT molecular complexity index is 320. The topological polar surface area (TPSA) is 80.0 Å². The van der Waals surface area contributed by atoms with Crippen molar-refractivity contribution in [1.82, 2.24) is 0 Å². The van der Waals surface area contributed by atoms with Crippen molar-refractivity contribution in [2.75, 3.05) is 13.2 Å². The van der Waals surface area contributed by atoms with Crippen molar-refractivity contribution in [2.24, 2.45) is 5.73 Å².